The number of thiophene rings is 1. The van der Waals surface area contributed by atoms with Crippen molar-refractivity contribution in [2.45, 2.75) is 38.5 Å². The molecule has 174 valence electrons. The monoisotopic (exact) mass is 472 g/mol. The highest BCUT2D eigenvalue weighted by atomic mass is 32.1. The highest BCUT2D eigenvalue weighted by Gasteiger charge is 2.29. The Bertz CT molecular complexity index is 1390. The Labute approximate surface area is 202 Å². The van der Waals surface area contributed by atoms with Crippen molar-refractivity contribution in [3.05, 3.63) is 64.0 Å². The molecule has 4 aromatic rings. The fourth-order valence-electron chi connectivity index (χ4n) is 5.35. The van der Waals surface area contributed by atoms with E-state index >= 15 is 0 Å². The zero-order valence-corrected chi connectivity index (χ0v) is 20.3. The first-order chi connectivity index (χ1) is 16.6. The number of imidazole rings is 1. The lowest BCUT2D eigenvalue weighted by Crippen LogP contribution is -2.38. The fraction of sp³-hybridized carbons (Fsp3) is 0.346. The van der Waals surface area contributed by atoms with E-state index in [0.29, 0.717) is 0 Å². The lowest BCUT2D eigenvalue weighted by Gasteiger charge is -2.31. The SMILES string of the molecule is CNc1nccn2c(C3CCN(C(=O)c4ccsc4)CC3)nc(-c3cc4c([nH]3)CCC=C4C)c12. The topological polar surface area (TPSA) is 78.3 Å². The van der Waals surface area contributed by atoms with E-state index < -0.39 is 0 Å². The predicted molar refractivity (Wildman–Crippen MR) is 136 cm³/mol. The summed E-state index contributed by atoms with van der Waals surface area (Å²) >= 11 is 1.57. The van der Waals surface area contributed by atoms with Crippen molar-refractivity contribution in [3.8, 4) is 11.4 Å². The maximum atomic E-state index is 12.8. The molecule has 0 spiro atoms. The van der Waals surface area contributed by atoms with Gasteiger partial charge in [-0.05, 0) is 61.3 Å². The minimum atomic E-state index is 0.135. The number of amides is 1. The van der Waals surface area contributed by atoms with Crippen LogP contribution in [0.2, 0.25) is 0 Å². The van der Waals surface area contributed by atoms with Crippen molar-refractivity contribution in [2.75, 3.05) is 25.5 Å². The number of fused-ring (bicyclic) bond motifs is 2. The number of likely N-dealkylation sites (tertiary alicyclic amines) is 1. The van der Waals surface area contributed by atoms with Crippen molar-refractivity contribution in [1.82, 2.24) is 24.3 Å². The van der Waals surface area contributed by atoms with Gasteiger partial charge in [0.2, 0.25) is 0 Å². The Kier molecular flexibility index (Phi) is 5.25. The molecule has 2 N–H and O–H groups in total. The number of H-pyrrole nitrogens is 1. The number of rotatable bonds is 4. The van der Waals surface area contributed by atoms with Crippen molar-refractivity contribution >= 4 is 34.2 Å². The van der Waals surface area contributed by atoms with E-state index in [2.05, 4.69) is 38.8 Å². The predicted octanol–water partition coefficient (Wildman–Crippen LogP) is 5.20. The second kappa shape index (κ2) is 8.43. The van der Waals surface area contributed by atoms with E-state index in [1.807, 2.05) is 41.2 Å². The van der Waals surface area contributed by atoms with Crippen LogP contribution in [0.3, 0.4) is 0 Å². The first kappa shape index (κ1) is 21.2. The highest BCUT2D eigenvalue weighted by molar-refractivity contribution is 7.08. The largest absolute Gasteiger partial charge is 0.371 e. The summed E-state index contributed by atoms with van der Waals surface area (Å²) < 4.78 is 2.19. The van der Waals surface area contributed by atoms with Gasteiger partial charge >= 0.3 is 0 Å². The Morgan fingerprint density at radius 2 is 2.15 bits per heavy atom. The van der Waals surface area contributed by atoms with Crippen LogP contribution in [0.25, 0.3) is 22.5 Å². The molecule has 6 rings (SSSR count). The second-order valence-electron chi connectivity index (χ2n) is 9.14. The lowest BCUT2D eigenvalue weighted by atomic mass is 9.95. The van der Waals surface area contributed by atoms with E-state index in [0.717, 1.165) is 72.9 Å². The van der Waals surface area contributed by atoms with Crippen molar-refractivity contribution in [2.24, 2.45) is 0 Å². The number of nitrogens with one attached hydrogen (secondary N) is 2. The summed E-state index contributed by atoms with van der Waals surface area (Å²) in [5, 5.41) is 7.15. The van der Waals surface area contributed by atoms with E-state index in [4.69, 9.17) is 4.98 Å². The molecule has 0 aromatic carbocycles. The summed E-state index contributed by atoms with van der Waals surface area (Å²) in [5.41, 5.74) is 7.66. The van der Waals surface area contributed by atoms with E-state index in [1.54, 1.807) is 11.3 Å². The van der Waals surface area contributed by atoms with Crippen molar-refractivity contribution in [1.29, 1.82) is 0 Å². The molecule has 34 heavy (non-hydrogen) atoms. The third-order valence-corrected chi connectivity index (χ3v) is 7.84. The van der Waals surface area contributed by atoms with Gasteiger partial charge in [0.05, 0.1) is 11.3 Å². The van der Waals surface area contributed by atoms with Gasteiger partial charge in [-0.15, -0.1) is 0 Å². The fourth-order valence-corrected chi connectivity index (χ4v) is 5.98. The van der Waals surface area contributed by atoms with Crippen LogP contribution >= 0.6 is 11.3 Å². The number of piperidine rings is 1. The highest BCUT2D eigenvalue weighted by Crippen LogP contribution is 2.37. The number of aryl methyl sites for hydroxylation is 1. The minimum Gasteiger partial charge on any atom is -0.371 e. The number of allylic oxidation sites excluding steroid dienone is 2. The van der Waals surface area contributed by atoms with Crippen LogP contribution in [0.4, 0.5) is 5.82 Å². The third kappa shape index (κ3) is 3.44. The summed E-state index contributed by atoms with van der Waals surface area (Å²) in [6.07, 6.45) is 10.0. The van der Waals surface area contributed by atoms with Gasteiger partial charge in [0, 0.05) is 49.5 Å². The van der Waals surface area contributed by atoms with Crippen LogP contribution in [0, 0.1) is 0 Å². The summed E-state index contributed by atoms with van der Waals surface area (Å²) in [7, 11) is 1.90. The van der Waals surface area contributed by atoms with Crippen LogP contribution in [0.5, 0.6) is 0 Å². The molecule has 0 bridgehead atoms. The van der Waals surface area contributed by atoms with Crippen LogP contribution in [0.15, 0.2) is 41.4 Å². The standard InChI is InChI=1S/C26H28N6OS/c1-16-4-3-5-20-19(16)14-21(29-20)22-23-24(27-2)28-9-12-32(23)25(30-22)17-6-10-31(11-7-17)26(33)18-8-13-34-15-18/h4,8-9,12-15,17,29H,3,5-7,10-11H2,1-2H3,(H,27,28). The van der Waals surface area contributed by atoms with Crippen LogP contribution < -0.4 is 5.32 Å². The summed E-state index contributed by atoms with van der Waals surface area (Å²) in [5.74, 6) is 2.29. The minimum absolute atomic E-state index is 0.135. The molecule has 0 atom stereocenters. The molecule has 0 saturated carbocycles. The molecular weight excluding hydrogens is 444 g/mol. The number of aromatic nitrogens is 4. The molecule has 7 nitrogen and oxygen atoms in total. The van der Waals surface area contributed by atoms with Crippen LogP contribution in [0.1, 0.15) is 59.5 Å². The maximum Gasteiger partial charge on any atom is 0.254 e. The zero-order valence-electron chi connectivity index (χ0n) is 19.5. The van der Waals surface area contributed by atoms with Crippen molar-refractivity contribution < 1.29 is 4.79 Å². The Morgan fingerprint density at radius 1 is 1.29 bits per heavy atom. The number of anilines is 1. The number of nitrogens with zero attached hydrogens (tertiary/aromatic N) is 4. The Morgan fingerprint density at radius 3 is 2.88 bits per heavy atom. The van der Waals surface area contributed by atoms with E-state index in [9.17, 15) is 4.79 Å². The van der Waals surface area contributed by atoms with Gasteiger partial charge in [-0.2, -0.15) is 11.3 Å². The zero-order chi connectivity index (χ0) is 23.2. The molecule has 0 unspecified atom stereocenters. The molecule has 2 aliphatic rings. The molecule has 1 fully saturated rings. The number of hydrogen-bond acceptors (Lipinski definition) is 5. The smallest absolute Gasteiger partial charge is 0.254 e. The lowest BCUT2D eigenvalue weighted by molar-refractivity contribution is 0.0711. The molecule has 1 aliphatic carbocycles. The molecule has 0 radical (unpaired) electrons. The number of aromatic amines is 1. The van der Waals surface area contributed by atoms with Gasteiger partial charge in [0.1, 0.15) is 17.0 Å². The van der Waals surface area contributed by atoms with Gasteiger partial charge in [-0.1, -0.05) is 6.08 Å². The molecule has 1 aliphatic heterocycles. The van der Waals surface area contributed by atoms with Crippen molar-refractivity contribution in [3.63, 3.8) is 0 Å². The van der Waals surface area contributed by atoms with E-state index in [1.165, 1.54) is 16.8 Å². The number of carbonyl (C=O) groups is 1. The Balaban J connectivity index is 1.36. The quantitative estimate of drug-likeness (QED) is 0.428. The Hall–Kier alpha value is -3.39. The average molecular weight is 473 g/mol. The first-order valence-electron chi connectivity index (χ1n) is 11.9. The van der Waals surface area contributed by atoms with Crippen LogP contribution in [-0.2, 0) is 6.42 Å². The second-order valence-corrected chi connectivity index (χ2v) is 9.92. The molecule has 1 saturated heterocycles. The molecule has 4 aromatic heterocycles. The van der Waals surface area contributed by atoms with Gasteiger partial charge in [0.25, 0.3) is 5.91 Å². The number of hydrogen-bond donors (Lipinski definition) is 2. The third-order valence-electron chi connectivity index (χ3n) is 7.16. The maximum absolute atomic E-state index is 12.8. The van der Waals surface area contributed by atoms with Gasteiger partial charge in [0.15, 0.2) is 5.82 Å². The average Bonchev–Trinajstić information content (AvgIpc) is 3.62. The summed E-state index contributed by atoms with van der Waals surface area (Å²) in [6.45, 7) is 3.67. The van der Waals surface area contributed by atoms with E-state index in [-0.39, 0.29) is 11.8 Å². The van der Waals surface area contributed by atoms with Crippen LogP contribution in [-0.4, -0.2) is 50.3 Å². The number of carbonyl (C=O) groups excluding carboxylic acids is 1. The van der Waals surface area contributed by atoms with Gasteiger partial charge < -0.3 is 15.2 Å². The van der Waals surface area contributed by atoms with Gasteiger partial charge in [-0.3, -0.25) is 9.20 Å². The molecule has 1 amide bonds. The van der Waals surface area contributed by atoms with Gasteiger partial charge in [-0.25, -0.2) is 9.97 Å². The first-order valence-corrected chi connectivity index (χ1v) is 12.8. The normalized spacial score (nSPS) is 16.5. The molecule has 5 heterocycles. The molecule has 8 heteroatoms. The summed E-state index contributed by atoms with van der Waals surface area (Å²) in [6, 6.07) is 4.15. The molecular formula is C26H28N6OS. The summed E-state index contributed by atoms with van der Waals surface area (Å²) in [4.78, 5) is 28.2.